The van der Waals surface area contributed by atoms with Crippen LogP contribution in [0.2, 0.25) is 0 Å². The molecule has 1 aliphatic heterocycles. The second kappa shape index (κ2) is 7.81. The van der Waals surface area contributed by atoms with E-state index in [4.69, 9.17) is 9.72 Å². The minimum Gasteiger partial charge on any atom is -0.497 e. The van der Waals surface area contributed by atoms with E-state index in [2.05, 4.69) is 17.2 Å². The largest absolute Gasteiger partial charge is 0.497 e. The predicted octanol–water partition coefficient (Wildman–Crippen LogP) is 4.99. The van der Waals surface area contributed by atoms with Gasteiger partial charge in [-0.3, -0.25) is 9.48 Å². The van der Waals surface area contributed by atoms with Crippen molar-refractivity contribution in [3.05, 3.63) is 64.7 Å². The Morgan fingerprint density at radius 2 is 2.03 bits per heavy atom. The molecule has 1 saturated heterocycles. The van der Waals surface area contributed by atoms with E-state index in [0.717, 1.165) is 58.0 Å². The number of benzene rings is 1. The van der Waals surface area contributed by atoms with Crippen molar-refractivity contribution in [2.45, 2.75) is 25.8 Å². The number of aryl methyl sites for hydroxylation is 2. The van der Waals surface area contributed by atoms with Gasteiger partial charge in [-0.2, -0.15) is 5.10 Å². The molecule has 3 aromatic heterocycles. The first kappa shape index (κ1) is 19.8. The molecular weight excluding hydrogens is 408 g/mol. The van der Waals surface area contributed by atoms with Gasteiger partial charge in [0, 0.05) is 13.6 Å². The van der Waals surface area contributed by atoms with Gasteiger partial charge in [-0.05, 0) is 55.0 Å². The molecule has 1 fully saturated rings. The molecule has 158 valence electrons. The lowest BCUT2D eigenvalue weighted by molar-refractivity contribution is 0.0737. The topological polar surface area (TPSA) is 60.2 Å². The number of aromatic nitrogens is 3. The van der Waals surface area contributed by atoms with Gasteiger partial charge in [0.15, 0.2) is 5.65 Å². The van der Waals surface area contributed by atoms with E-state index in [9.17, 15) is 4.79 Å². The molecule has 0 saturated carbocycles. The number of thiophene rings is 1. The van der Waals surface area contributed by atoms with Crippen molar-refractivity contribution in [2.75, 3.05) is 13.7 Å². The van der Waals surface area contributed by atoms with Crippen molar-refractivity contribution in [1.82, 2.24) is 19.7 Å². The zero-order valence-electron chi connectivity index (χ0n) is 17.8. The number of hydrogen-bond acceptors (Lipinski definition) is 5. The Labute approximate surface area is 185 Å². The SMILES string of the molecule is COc1ccc(C2CCCN2C(=O)c2cc(-c3cccs3)nc3c2c(C)nn3C)cc1. The van der Waals surface area contributed by atoms with E-state index >= 15 is 0 Å². The third-order valence-corrected chi connectivity index (χ3v) is 6.88. The summed E-state index contributed by atoms with van der Waals surface area (Å²) in [6, 6.07) is 14.1. The Morgan fingerprint density at radius 1 is 1.23 bits per heavy atom. The van der Waals surface area contributed by atoms with Crippen molar-refractivity contribution in [3.8, 4) is 16.3 Å². The Morgan fingerprint density at radius 3 is 2.74 bits per heavy atom. The second-order valence-corrected chi connectivity index (χ2v) is 8.82. The minimum absolute atomic E-state index is 0.0413. The highest BCUT2D eigenvalue weighted by atomic mass is 32.1. The summed E-state index contributed by atoms with van der Waals surface area (Å²) in [4.78, 5) is 21.8. The lowest BCUT2D eigenvalue weighted by Crippen LogP contribution is -2.30. The number of ether oxygens (including phenoxy) is 1. The number of carbonyl (C=O) groups is 1. The number of nitrogens with zero attached hydrogens (tertiary/aromatic N) is 4. The molecule has 1 atom stereocenters. The van der Waals surface area contributed by atoms with E-state index in [1.165, 1.54) is 0 Å². The number of likely N-dealkylation sites (tertiary alicyclic amines) is 1. The molecule has 0 spiro atoms. The number of hydrogen-bond donors (Lipinski definition) is 0. The fraction of sp³-hybridized carbons (Fsp3) is 0.292. The number of carbonyl (C=O) groups excluding carboxylic acids is 1. The average Bonchev–Trinajstić information content (AvgIpc) is 3.54. The van der Waals surface area contributed by atoms with Gasteiger partial charge < -0.3 is 9.64 Å². The van der Waals surface area contributed by atoms with Gasteiger partial charge in [-0.1, -0.05) is 18.2 Å². The maximum Gasteiger partial charge on any atom is 0.255 e. The molecule has 6 nitrogen and oxygen atoms in total. The van der Waals surface area contributed by atoms with Crippen molar-refractivity contribution in [1.29, 1.82) is 0 Å². The maximum atomic E-state index is 13.9. The Bertz CT molecular complexity index is 1250. The molecule has 7 heteroatoms. The fourth-order valence-corrected chi connectivity index (χ4v) is 5.19. The highest BCUT2D eigenvalue weighted by molar-refractivity contribution is 7.13. The third-order valence-electron chi connectivity index (χ3n) is 5.99. The number of pyridine rings is 1. The van der Waals surface area contributed by atoms with Crippen LogP contribution in [0, 0.1) is 6.92 Å². The lowest BCUT2D eigenvalue weighted by atomic mass is 10.0. The van der Waals surface area contributed by atoms with Crippen LogP contribution in [0.5, 0.6) is 5.75 Å². The monoisotopic (exact) mass is 432 g/mol. The molecule has 4 aromatic rings. The number of methoxy groups -OCH3 is 1. The summed E-state index contributed by atoms with van der Waals surface area (Å²) >= 11 is 1.62. The van der Waals surface area contributed by atoms with Crippen LogP contribution in [0.25, 0.3) is 21.6 Å². The molecular formula is C24H24N4O2S. The van der Waals surface area contributed by atoms with Gasteiger partial charge in [0.25, 0.3) is 5.91 Å². The van der Waals surface area contributed by atoms with Gasteiger partial charge in [-0.15, -0.1) is 11.3 Å². The first-order valence-corrected chi connectivity index (χ1v) is 11.3. The summed E-state index contributed by atoms with van der Waals surface area (Å²) in [6.45, 7) is 2.68. The van der Waals surface area contributed by atoms with Crippen molar-refractivity contribution >= 4 is 28.3 Å². The van der Waals surface area contributed by atoms with Crippen LogP contribution in [-0.4, -0.2) is 39.2 Å². The fourth-order valence-electron chi connectivity index (χ4n) is 4.50. The maximum absolute atomic E-state index is 13.9. The first-order valence-electron chi connectivity index (χ1n) is 10.4. The summed E-state index contributed by atoms with van der Waals surface area (Å²) in [7, 11) is 3.54. The van der Waals surface area contributed by atoms with E-state index in [1.54, 1.807) is 23.1 Å². The van der Waals surface area contributed by atoms with Crippen LogP contribution in [-0.2, 0) is 7.05 Å². The average molecular weight is 433 g/mol. The molecule has 1 amide bonds. The first-order chi connectivity index (χ1) is 15.1. The van der Waals surface area contributed by atoms with Crippen LogP contribution in [0.1, 0.15) is 40.5 Å². The Hall–Kier alpha value is -3.19. The molecule has 0 bridgehead atoms. The summed E-state index contributed by atoms with van der Waals surface area (Å²) in [5.74, 6) is 0.863. The summed E-state index contributed by atoms with van der Waals surface area (Å²) in [5, 5.41) is 7.42. The number of fused-ring (bicyclic) bond motifs is 1. The van der Waals surface area contributed by atoms with E-state index in [1.807, 2.05) is 54.6 Å². The second-order valence-electron chi connectivity index (χ2n) is 7.87. The summed E-state index contributed by atoms with van der Waals surface area (Å²) in [5.41, 5.74) is 4.20. The van der Waals surface area contributed by atoms with Crippen LogP contribution in [0.4, 0.5) is 0 Å². The summed E-state index contributed by atoms with van der Waals surface area (Å²) in [6.07, 6.45) is 1.94. The molecule has 5 rings (SSSR count). The molecule has 1 aromatic carbocycles. The normalized spacial score (nSPS) is 16.2. The van der Waals surface area contributed by atoms with E-state index in [-0.39, 0.29) is 11.9 Å². The molecule has 0 N–H and O–H groups in total. The van der Waals surface area contributed by atoms with Gasteiger partial charge >= 0.3 is 0 Å². The quantitative estimate of drug-likeness (QED) is 0.456. The lowest BCUT2D eigenvalue weighted by Gasteiger charge is -2.26. The van der Waals surface area contributed by atoms with Crippen LogP contribution < -0.4 is 4.74 Å². The van der Waals surface area contributed by atoms with Gasteiger partial charge in [0.2, 0.25) is 0 Å². The number of amides is 1. The van der Waals surface area contributed by atoms with Crippen LogP contribution in [0.15, 0.2) is 47.8 Å². The predicted molar refractivity (Wildman–Crippen MR) is 123 cm³/mol. The Kier molecular flexibility index (Phi) is 4.98. The third kappa shape index (κ3) is 3.39. The smallest absolute Gasteiger partial charge is 0.255 e. The highest BCUT2D eigenvalue weighted by Crippen LogP contribution is 2.36. The van der Waals surface area contributed by atoms with E-state index < -0.39 is 0 Å². The molecule has 1 aliphatic rings. The van der Waals surface area contributed by atoms with Crippen LogP contribution >= 0.6 is 11.3 Å². The minimum atomic E-state index is 0.0413. The van der Waals surface area contributed by atoms with Gasteiger partial charge in [-0.25, -0.2) is 4.98 Å². The Balaban J connectivity index is 1.59. The molecule has 4 heterocycles. The van der Waals surface area contributed by atoms with E-state index in [0.29, 0.717) is 5.56 Å². The highest BCUT2D eigenvalue weighted by Gasteiger charge is 2.32. The van der Waals surface area contributed by atoms with Crippen molar-refractivity contribution in [3.63, 3.8) is 0 Å². The zero-order chi connectivity index (χ0) is 21.5. The van der Waals surface area contributed by atoms with Gasteiger partial charge in [0.1, 0.15) is 5.75 Å². The number of rotatable bonds is 4. The molecule has 1 unspecified atom stereocenters. The molecule has 0 aliphatic carbocycles. The van der Waals surface area contributed by atoms with Crippen molar-refractivity contribution in [2.24, 2.45) is 7.05 Å². The van der Waals surface area contributed by atoms with Gasteiger partial charge in [0.05, 0.1) is 40.4 Å². The molecule has 31 heavy (non-hydrogen) atoms. The molecule has 0 radical (unpaired) electrons. The standard InChI is InChI=1S/C24H24N4O2S/c1-15-22-18(14-19(21-7-5-13-31-21)25-23(22)27(2)26-15)24(29)28-12-4-6-20(28)16-8-10-17(30-3)11-9-16/h5,7-11,13-14,20H,4,6,12H2,1-3H3. The summed E-state index contributed by atoms with van der Waals surface area (Å²) < 4.78 is 7.06. The van der Waals surface area contributed by atoms with Crippen LogP contribution in [0.3, 0.4) is 0 Å². The zero-order valence-corrected chi connectivity index (χ0v) is 18.6. The van der Waals surface area contributed by atoms with Crippen molar-refractivity contribution < 1.29 is 9.53 Å².